The Balaban J connectivity index is 1.74. The van der Waals surface area contributed by atoms with Gasteiger partial charge in [0, 0.05) is 18.7 Å². The van der Waals surface area contributed by atoms with E-state index in [2.05, 4.69) is 0 Å². The van der Waals surface area contributed by atoms with Crippen LogP contribution >= 0.6 is 0 Å². The largest absolute Gasteiger partial charge is 0.493 e. The Labute approximate surface area is 170 Å². The molecule has 29 heavy (non-hydrogen) atoms. The second-order valence-corrected chi connectivity index (χ2v) is 8.90. The van der Waals surface area contributed by atoms with Crippen molar-refractivity contribution in [2.45, 2.75) is 18.7 Å². The number of sulfone groups is 1. The van der Waals surface area contributed by atoms with E-state index >= 15 is 0 Å². The number of hydrogen-bond acceptors (Lipinski definition) is 6. The van der Waals surface area contributed by atoms with Gasteiger partial charge < -0.3 is 14.4 Å². The van der Waals surface area contributed by atoms with Crippen LogP contribution in [0.4, 0.5) is 0 Å². The number of hydrogen-bond donors (Lipinski definition) is 0. The van der Waals surface area contributed by atoms with Crippen LogP contribution in [0, 0.1) is 11.3 Å². The topological polar surface area (TPSA) is 96.7 Å². The van der Waals surface area contributed by atoms with Gasteiger partial charge >= 0.3 is 0 Å². The first-order valence-electron chi connectivity index (χ1n) is 9.06. The lowest BCUT2D eigenvalue weighted by molar-refractivity contribution is 0.0734. The zero-order valence-electron chi connectivity index (χ0n) is 16.3. The fourth-order valence-corrected chi connectivity index (χ4v) is 4.39. The van der Waals surface area contributed by atoms with Crippen LogP contribution in [-0.4, -0.2) is 45.7 Å². The van der Waals surface area contributed by atoms with Crippen molar-refractivity contribution in [3.63, 3.8) is 0 Å². The van der Waals surface area contributed by atoms with Gasteiger partial charge in [-0.05, 0) is 47.4 Å². The molecule has 1 aliphatic heterocycles. The molecule has 2 aromatic rings. The van der Waals surface area contributed by atoms with Gasteiger partial charge in [0.25, 0.3) is 5.91 Å². The van der Waals surface area contributed by atoms with Gasteiger partial charge in [-0.15, -0.1) is 0 Å². The molecular weight excluding hydrogens is 392 g/mol. The lowest BCUT2D eigenvalue weighted by Crippen LogP contribution is -2.36. The highest BCUT2D eigenvalue weighted by atomic mass is 32.2. The van der Waals surface area contributed by atoms with Crippen molar-refractivity contribution in [2.24, 2.45) is 0 Å². The summed E-state index contributed by atoms with van der Waals surface area (Å²) < 4.78 is 34.2. The summed E-state index contributed by atoms with van der Waals surface area (Å²) in [6, 6.07) is 12.0. The van der Waals surface area contributed by atoms with Crippen LogP contribution in [0.5, 0.6) is 11.5 Å². The summed E-state index contributed by atoms with van der Waals surface area (Å²) in [4.78, 5) is 14.7. The van der Waals surface area contributed by atoms with Crippen molar-refractivity contribution >= 4 is 15.7 Å². The molecule has 152 valence electrons. The minimum atomic E-state index is -3.46. The first-order chi connectivity index (χ1) is 13.9. The predicted octanol–water partition coefficient (Wildman–Crippen LogP) is 2.34. The fraction of sp³-hybridized carbons (Fsp3) is 0.333. The van der Waals surface area contributed by atoms with Crippen LogP contribution < -0.4 is 9.47 Å². The van der Waals surface area contributed by atoms with Crippen LogP contribution in [0.3, 0.4) is 0 Å². The molecule has 0 bridgehead atoms. The minimum Gasteiger partial charge on any atom is -0.493 e. The Kier molecular flexibility index (Phi) is 6.09. The van der Waals surface area contributed by atoms with Crippen LogP contribution in [0.2, 0.25) is 0 Å². The Morgan fingerprint density at radius 3 is 2.31 bits per heavy atom. The summed E-state index contributed by atoms with van der Waals surface area (Å²) in [6.45, 7) is 1.05. The van der Waals surface area contributed by atoms with Crippen LogP contribution in [0.25, 0.3) is 0 Å². The zero-order chi connectivity index (χ0) is 21.0. The van der Waals surface area contributed by atoms with Crippen molar-refractivity contribution in [3.8, 4) is 17.6 Å². The molecule has 0 aliphatic carbocycles. The fourth-order valence-electron chi connectivity index (χ4n) is 3.39. The number of carbonyl (C=O) groups excluding carboxylic acids is 1. The summed E-state index contributed by atoms with van der Waals surface area (Å²) in [5, 5.41) is 8.58. The van der Waals surface area contributed by atoms with Crippen molar-refractivity contribution < 1.29 is 22.7 Å². The van der Waals surface area contributed by atoms with E-state index in [0.717, 1.165) is 11.1 Å². The average molecular weight is 414 g/mol. The number of methoxy groups -OCH3 is 2. The Bertz CT molecular complexity index is 1060. The highest BCUT2D eigenvalue weighted by Gasteiger charge is 2.24. The lowest BCUT2D eigenvalue weighted by Gasteiger charge is -2.29. The molecule has 0 spiro atoms. The normalized spacial score (nSPS) is 13.3. The van der Waals surface area contributed by atoms with E-state index in [4.69, 9.17) is 14.7 Å². The third kappa shape index (κ3) is 4.69. The van der Waals surface area contributed by atoms with Crippen molar-refractivity contribution in [1.82, 2.24) is 4.90 Å². The summed E-state index contributed by atoms with van der Waals surface area (Å²) in [6.07, 6.45) is 0.714. The van der Waals surface area contributed by atoms with Gasteiger partial charge in [0.1, 0.15) is 5.75 Å². The third-order valence-electron chi connectivity index (χ3n) is 4.88. The Morgan fingerprint density at radius 1 is 1.10 bits per heavy atom. The molecule has 1 aliphatic rings. The number of fused-ring (bicyclic) bond motifs is 1. The smallest absolute Gasteiger partial charge is 0.254 e. The minimum absolute atomic E-state index is 0.114. The molecule has 1 heterocycles. The number of benzene rings is 2. The second-order valence-electron chi connectivity index (χ2n) is 6.84. The second kappa shape index (κ2) is 8.53. The van der Waals surface area contributed by atoms with Gasteiger partial charge in [0.05, 0.1) is 26.0 Å². The number of ether oxygens (including phenoxy) is 2. The van der Waals surface area contributed by atoms with E-state index < -0.39 is 15.6 Å². The summed E-state index contributed by atoms with van der Waals surface area (Å²) >= 11 is 0. The zero-order valence-corrected chi connectivity index (χ0v) is 17.2. The van der Waals surface area contributed by atoms with Gasteiger partial charge in [0.2, 0.25) is 0 Å². The van der Waals surface area contributed by atoms with Crippen molar-refractivity contribution in [1.29, 1.82) is 5.26 Å². The predicted molar refractivity (Wildman–Crippen MR) is 108 cm³/mol. The van der Waals surface area contributed by atoms with Gasteiger partial charge in [-0.2, -0.15) is 5.26 Å². The molecule has 1 amide bonds. The van der Waals surface area contributed by atoms with Crippen molar-refractivity contribution in [2.75, 3.05) is 26.5 Å². The maximum atomic E-state index is 12.9. The van der Waals surface area contributed by atoms with E-state index in [0.29, 0.717) is 42.1 Å². The van der Waals surface area contributed by atoms with E-state index in [-0.39, 0.29) is 11.7 Å². The molecule has 0 saturated heterocycles. The molecule has 0 N–H and O–H groups in total. The summed E-state index contributed by atoms with van der Waals surface area (Å²) in [5.41, 5.74) is 3.19. The quantitative estimate of drug-likeness (QED) is 0.720. The van der Waals surface area contributed by atoms with Gasteiger partial charge in [-0.25, -0.2) is 8.42 Å². The molecule has 0 aromatic heterocycles. The number of amides is 1. The Hall–Kier alpha value is -3.05. The van der Waals surface area contributed by atoms with Crippen LogP contribution in [0.1, 0.15) is 27.0 Å². The first kappa shape index (κ1) is 20.7. The van der Waals surface area contributed by atoms with E-state index in [1.807, 2.05) is 12.1 Å². The molecule has 7 nitrogen and oxygen atoms in total. The number of nitriles is 1. The third-order valence-corrected chi connectivity index (χ3v) is 6.22. The molecule has 0 radical (unpaired) electrons. The number of carbonyl (C=O) groups is 1. The first-order valence-corrected chi connectivity index (χ1v) is 10.9. The maximum absolute atomic E-state index is 12.9. The van der Waals surface area contributed by atoms with E-state index in [1.54, 1.807) is 49.5 Å². The molecule has 2 aromatic carbocycles. The molecule has 0 unspecified atom stereocenters. The monoisotopic (exact) mass is 414 g/mol. The molecule has 0 saturated carbocycles. The molecular formula is C21H22N2O5S. The van der Waals surface area contributed by atoms with Crippen molar-refractivity contribution in [3.05, 3.63) is 58.7 Å². The molecule has 0 atom stereocenters. The van der Waals surface area contributed by atoms with Gasteiger partial charge in [0.15, 0.2) is 21.3 Å². The highest BCUT2D eigenvalue weighted by molar-refractivity contribution is 7.90. The summed E-state index contributed by atoms with van der Waals surface area (Å²) in [7, 11) is -0.290. The summed E-state index contributed by atoms with van der Waals surface area (Å²) in [5.74, 6) is 0.455. The molecule has 0 fully saturated rings. The van der Waals surface area contributed by atoms with Crippen LogP contribution in [0.15, 0.2) is 36.4 Å². The maximum Gasteiger partial charge on any atom is 0.254 e. The lowest BCUT2D eigenvalue weighted by atomic mass is 9.98. The van der Waals surface area contributed by atoms with Gasteiger partial charge in [-0.1, -0.05) is 12.1 Å². The van der Waals surface area contributed by atoms with E-state index in [9.17, 15) is 13.2 Å². The van der Waals surface area contributed by atoms with E-state index in [1.165, 1.54) is 0 Å². The number of nitrogens with zero attached hydrogens (tertiary/aromatic N) is 2. The van der Waals surface area contributed by atoms with Crippen LogP contribution in [-0.2, 0) is 28.6 Å². The average Bonchev–Trinajstić information content (AvgIpc) is 2.71. The SMILES string of the molecule is COc1cc2c(cc1OC)CN(C(=O)c1ccc(CS(=O)(=O)CC#N)cc1)CC2. The standard InChI is InChI=1S/C21H22N2O5S/c1-27-19-11-17-7-9-23(13-18(17)12-20(19)28-2)21(24)16-5-3-15(4-6-16)14-29(25,26)10-8-22/h3-6,11-12H,7,9-10,13-14H2,1-2H3. The molecule has 8 heteroatoms. The van der Waals surface area contributed by atoms with Gasteiger partial charge in [-0.3, -0.25) is 4.79 Å². The highest BCUT2D eigenvalue weighted by Crippen LogP contribution is 2.33. The molecule has 3 rings (SSSR count). The Morgan fingerprint density at radius 2 is 1.72 bits per heavy atom. The number of rotatable bonds is 6.